The van der Waals surface area contributed by atoms with Gasteiger partial charge in [-0.3, -0.25) is 0 Å². The van der Waals surface area contributed by atoms with E-state index in [0.717, 1.165) is 11.8 Å². The highest BCUT2D eigenvalue weighted by Gasteiger charge is 2.05. The second-order valence-corrected chi connectivity index (χ2v) is 2.76. The van der Waals surface area contributed by atoms with Gasteiger partial charge in [-0.15, -0.1) is 0 Å². The summed E-state index contributed by atoms with van der Waals surface area (Å²) in [6.45, 7) is 1.93. The number of rotatable bonds is 1. The van der Waals surface area contributed by atoms with Crippen LogP contribution < -0.4 is 11.5 Å². The molecule has 1 aliphatic heterocycles. The fourth-order valence-electron chi connectivity index (χ4n) is 1.05. The van der Waals surface area contributed by atoms with E-state index in [1.807, 2.05) is 6.92 Å². The normalized spacial score (nSPS) is 18.1. The van der Waals surface area contributed by atoms with Crippen molar-refractivity contribution in [3.8, 4) is 0 Å². The molecular weight excluding hydrogens is 152 g/mol. The predicted octanol–water partition coefficient (Wildman–Crippen LogP) is 0.513. The van der Waals surface area contributed by atoms with E-state index < -0.39 is 0 Å². The Hall–Kier alpha value is -1.58. The monoisotopic (exact) mass is 164 g/mol. The molecule has 0 aliphatic carbocycles. The summed E-state index contributed by atoms with van der Waals surface area (Å²) in [6.07, 6.45) is 3.53. The standard InChI is InChI=1S/C8H12N4/c1-5-2-6(10)7(4-9)12-8(11)3-5/h2,4,9H,3,10H2,1H3,(H2,11,12). The Balaban J connectivity index is 3.15. The minimum Gasteiger partial charge on any atom is -0.397 e. The molecule has 0 atom stereocenters. The molecule has 0 aromatic heterocycles. The van der Waals surface area contributed by atoms with Crippen molar-refractivity contribution in [1.29, 1.82) is 5.41 Å². The maximum Gasteiger partial charge on any atom is 0.105 e. The topological polar surface area (TPSA) is 88.2 Å². The number of aliphatic imine (C=N–C) groups is 1. The van der Waals surface area contributed by atoms with Crippen LogP contribution in [0, 0.1) is 5.41 Å². The van der Waals surface area contributed by atoms with Crippen molar-refractivity contribution < 1.29 is 0 Å². The molecule has 5 N–H and O–H groups in total. The number of nitrogens with two attached hydrogens (primary N) is 2. The van der Waals surface area contributed by atoms with Crippen molar-refractivity contribution in [2.75, 3.05) is 0 Å². The number of amidine groups is 1. The third kappa shape index (κ3) is 1.72. The van der Waals surface area contributed by atoms with Gasteiger partial charge in [0.1, 0.15) is 11.5 Å². The van der Waals surface area contributed by atoms with Gasteiger partial charge in [0.2, 0.25) is 0 Å². The summed E-state index contributed by atoms with van der Waals surface area (Å²) in [5.41, 5.74) is 13.2. The second-order valence-electron chi connectivity index (χ2n) is 2.76. The Morgan fingerprint density at radius 2 is 2.25 bits per heavy atom. The quantitative estimate of drug-likeness (QED) is 0.493. The average molecular weight is 164 g/mol. The smallest absolute Gasteiger partial charge is 0.105 e. The lowest BCUT2D eigenvalue weighted by Gasteiger charge is -1.95. The van der Waals surface area contributed by atoms with Crippen molar-refractivity contribution in [2.45, 2.75) is 13.3 Å². The number of hydrogen-bond acceptors (Lipinski definition) is 4. The Kier molecular flexibility index (Phi) is 2.28. The van der Waals surface area contributed by atoms with Crippen LogP contribution in [0.3, 0.4) is 0 Å². The minimum absolute atomic E-state index is 0.435. The van der Waals surface area contributed by atoms with E-state index >= 15 is 0 Å². The van der Waals surface area contributed by atoms with Crippen molar-refractivity contribution >= 4 is 12.1 Å². The van der Waals surface area contributed by atoms with Crippen LogP contribution in [0.5, 0.6) is 0 Å². The van der Waals surface area contributed by atoms with E-state index in [1.165, 1.54) is 0 Å². The molecule has 0 spiro atoms. The van der Waals surface area contributed by atoms with Gasteiger partial charge in [0, 0.05) is 12.6 Å². The van der Waals surface area contributed by atoms with E-state index in [-0.39, 0.29) is 0 Å². The van der Waals surface area contributed by atoms with Crippen molar-refractivity contribution in [3.63, 3.8) is 0 Å². The molecule has 1 heterocycles. The van der Waals surface area contributed by atoms with Gasteiger partial charge in [0.05, 0.1) is 5.70 Å². The van der Waals surface area contributed by atoms with Crippen LogP contribution in [0.15, 0.2) is 28.0 Å². The molecule has 0 radical (unpaired) electrons. The number of hydrogen-bond donors (Lipinski definition) is 3. The lowest BCUT2D eigenvalue weighted by molar-refractivity contribution is 1.23. The van der Waals surface area contributed by atoms with Crippen molar-refractivity contribution in [3.05, 3.63) is 23.0 Å². The second kappa shape index (κ2) is 3.21. The first-order valence-corrected chi connectivity index (χ1v) is 3.64. The van der Waals surface area contributed by atoms with E-state index in [1.54, 1.807) is 6.08 Å². The summed E-state index contributed by atoms with van der Waals surface area (Å²) in [7, 11) is 0. The van der Waals surface area contributed by atoms with Crippen LogP contribution >= 0.6 is 0 Å². The molecule has 0 saturated carbocycles. The fourth-order valence-corrected chi connectivity index (χ4v) is 1.05. The largest absolute Gasteiger partial charge is 0.397 e. The van der Waals surface area contributed by atoms with Gasteiger partial charge in [-0.1, -0.05) is 5.57 Å². The highest BCUT2D eigenvalue weighted by molar-refractivity contribution is 5.90. The summed E-state index contributed by atoms with van der Waals surface area (Å²) in [5, 5.41) is 7.03. The molecule has 1 rings (SSSR count). The van der Waals surface area contributed by atoms with E-state index in [9.17, 15) is 0 Å². The molecule has 0 aromatic carbocycles. The van der Waals surface area contributed by atoms with E-state index in [2.05, 4.69) is 4.99 Å². The number of nitrogens with one attached hydrogen (secondary N) is 1. The molecular formula is C8H12N4. The molecule has 4 nitrogen and oxygen atoms in total. The zero-order valence-corrected chi connectivity index (χ0v) is 6.96. The number of allylic oxidation sites excluding steroid dienone is 2. The van der Waals surface area contributed by atoms with Gasteiger partial charge < -0.3 is 16.9 Å². The molecule has 64 valence electrons. The SMILES string of the molecule is CC1=CC(N)=C(C=N)N=C(N)C1. The molecule has 0 saturated heterocycles. The van der Waals surface area contributed by atoms with E-state index in [4.69, 9.17) is 16.9 Å². The summed E-state index contributed by atoms with van der Waals surface area (Å²) < 4.78 is 0. The van der Waals surface area contributed by atoms with Gasteiger partial charge in [0.25, 0.3) is 0 Å². The summed E-state index contributed by atoms with van der Waals surface area (Å²) in [6, 6.07) is 0. The zero-order valence-electron chi connectivity index (χ0n) is 6.96. The molecule has 12 heavy (non-hydrogen) atoms. The molecule has 4 heteroatoms. The lowest BCUT2D eigenvalue weighted by atomic mass is 10.2. The molecule has 0 unspecified atom stereocenters. The van der Waals surface area contributed by atoms with Gasteiger partial charge in [-0.25, -0.2) is 4.99 Å². The van der Waals surface area contributed by atoms with Crippen LogP contribution in [0.1, 0.15) is 13.3 Å². The first-order chi connectivity index (χ1) is 5.63. The summed E-state index contributed by atoms with van der Waals surface area (Å²) in [5.74, 6) is 0.503. The maximum atomic E-state index is 7.03. The van der Waals surface area contributed by atoms with Gasteiger partial charge >= 0.3 is 0 Å². The Bertz CT molecular complexity index is 296. The third-order valence-corrected chi connectivity index (χ3v) is 1.56. The highest BCUT2D eigenvalue weighted by atomic mass is 14.9. The van der Waals surface area contributed by atoms with E-state index in [0.29, 0.717) is 23.7 Å². The van der Waals surface area contributed by atoms with Crippen LogP contribution in [0.2, 0.25) is 0 Å². The van der Waals surface area contributed by atoms with Crippen LogP contribution in [-0.4, -0.2) is 12.1 Å². The predicted molar refractivity (Wildman–Crippen MR) is 50.0 cm³/mol. The first-order valence-electron chi connectivity index (χ1n) is 3.64. The van der Waals surface area contributed by atoms with Gasteiger partial charge in [0.15, 0.2) is 0 Å². The first kappa shape index (κ1) is 8.52. The van der Waals surface area contributed by atoms with Gasteiger partial charge in [-0.2, -0.15) is 0 Å². The van der Waals surface area contributed by atoms with Crippen LogP contribution in [0.4, 0.5) is 0 Å². The molecule has 0 fully saturated rings. The number of nitrogens with zero attached hydrogens (tertiary/aromatic N) is 1. The Morgan fingerprint density at radius 3 is 2.83 bits per heavy atom. The lowest BCUT2D eigenvalue weighted by Crippen LogP contribution is -2.11. The molecule has 0 amide bonds. The maximum absolute atomic E-state index is 7.03. The summed E-state index contributed by atoms with van der Waals surface area (Å²) in [4.78, 5) is 3.98. The molecule has 0 bridgehead atoms. The van der Waals surface area contributed by atoms with Crippen LogP contribution in [-0.2, 0) is 0 Å². The molecule has 1 aliphatic rings. The third-order valence-electron chi connectivity index (χ3n) is 1.56. The zero-order chi connectivity index (χ0) is 9.14. The fraction of sp³-hybridized carbons (Fsp3) is 0.250. The van der Waals surface area contributed by atoms with Crippen LogP contribution in [0.25, 0.3) is 0 Å². The van der Waals surface area contributed by atoms with Crippen molar-refractivity contribution in [1.82, 2.24) is 0 Å². The Labute approximate surface area is 71.2 Å². The van der Waals surface area contributed by atoms with Gasteiger partial charge in [-0.05, 0) is 13.0 Å². The highest BCUT2D eigenvalue weighted by Crippen LogP contribution is 2.11. The van der Waals surface area contributed by atoms with Crippen molar-refractivity contribution in [2.24, 2.45) is 16.5 Å². The molecule has 0 aromatic rings. The Morgan fingerprint density at radius 1 is 1.58 bits per heavy atom. The summed E-state index contributed by atoms with van der Waals surface area (Å²) >= 11 is 0. The minimum atomic E-state index is 0.435. The average Bonchev–Trinajstić information content (AvgIpc) is 2.09.